The number of ether oxygens (including phenoxy) is 1. The lowest BCUT2D eigenvalue weighted by Gasteiger charge is -2.28. The van der Waals surface area contributed by atoms with Gasteiger partial charge in [0.1, 0.15) is 11.4 Å². The van der Waals surface area contributed by atoms with Crippen LogP contribution in [0.2, 0.25) is 0 Å². The van der Waals surface area contributed by atoms with Crippen LogP contribution in [0.15, 0.2) is 30.3 Å². The highest BCUT2D eigenvalue weighted by Crippen LogP contribution is 2.45. The molecule has 0 aliphatic heterocycles. The van der Waals surface area contributed by atoms with Crippen LogP contribution in [0.3, 0.4) is 0 Å². The lowest BCUT2D eigenvalue weighted by atomic mass is 9.90. The van der Waals surface area contributed by atoms with E-state index in [0.29, 0.717) is 5.41 Å². The fraction of sp³-hybridized carbons (Fsp3) is 0.571. The molecule has 15 heavy (non-hydrogen) atoms. The van der Waals surface area contributed by atoms with E-state index in [9.17, 15) is 0 Å². The molecule has 1 aliphatic carbocycles. The first-order valence-electron chi connectivity index (χ1n) is 5.73. The Bertz CT molecular complexity index is 328. The van der Waals surface area contributed by atoms with Crippen LogP contribution in [0, 0.1) is 5.41 Å². The summed E-state index contributed by atoms with van der Waals surface area (Å²) in [6.07, 6.45) is 3.57. The fourth-order valence-corrected chi connectivity index (χ4v) is 2.65. The van der Waals surface area contributed by atoms with Crippen molar-refractivity contribution in [1.82, 2.24) is 0 Å². The minimum atomic E-state index is 0.0326. The van der Waals surface area contributed by atoms with E-state index in [2.05, 4.69) is 20.8 Å². The zero-order valence-corrected chi connectivity index (χ0v) is 9.92. The topological polar surface area (TPSA) is 9.23 Å². The molecule has 1 aromatic rings. The predicted octanol–water partition coefficient (Wildman–Crippen LogP) is 4.03. The zero-order chi connectivity index (χ0) is 10.9. The van der Waals surface area contributed by atoms with Gasteiger partial charge in [0.05, 0.1) is 0 Å². The van der Waals surface area contributed by atoms with Crippen molar-refractivity contribution in [3.8, 4) is 5.75 Å². The molecule has 0 heterocycles. The normalized spacial score (nSPS) is 29.0. The summed E-state index contributed by atoms with van der Waals surface area (Å²) >= 11 is 0. The van der Waals surface area contributed by atoms with Crippen molar-refractivity contribution in [3.63, 3.8) is 0 Å². The summed E-state index contributed by atoms with van der Waals surface area (Å²) in [6.45, 7) is 6.88. The van der Waals surface area contributed by atoms with Gasteiger partial charge >= 0.3 is 0 Å². The van der Waals surface area contributed by atoms with Crippen LogP contribution < -0.4 is 4.74 Å². The second kappa shape index (κ2) is 3.55. The summed E-state index contributed by atoms with van der Waals surface area (Å²) in [5, 5.41) is 0. The second-order valence-corrected chi connectivity index (χ2v) is 5.71. The van der Waals surface area contributed by atoms with E-state index in [1.807, 2.05) is 30.3 Å². The van der Waals surface area contributed by atoms with Crippen LogP contribution in [-0.2, 0) is 0 Å². The molecule has 0 radical (unpaired) electrons. The van der Waals surface area contributed by atoms with Gasteiger partial charge < -0.3 is 4.74 Å². The van der Waals surface area contributed by atoms with Crippen LogP contribution in [0.1, 0.15) is 40.0 Å². The number of hydrogen-bond donors (Lipinski definition) is 0. The standard InChI is InChI=1S/C14H20O/c1-13(2)9-10-14(3,11-13)15-12-7-5-4-6-8-12/h4-8H,9-11H2,1-3H3. The maximum atomic E-state index is 6.10. The lowest BCUT2D eigenvalue weighted by molar-refractivity contribution is 0.0848. The molecule has 0 amide bonds. The monoisotopic (exact) mass is 204 g/mol. The van der Waals surface area contributed by atoms with Gasteiger partial charge in [-0.3, -0.25) is 0 Å². The molecule has 1 unspecified atom stereocenters. The van der Waals surface area contributed by atoms with Gasteiger partial charge in [0.15, 0.2) is 0 Å². The molecule has 1 atom stereocenters. The number of para-hydroxylation sites is 1. The van der Waals surface area contributed by atoms with E-state index in [1.54, 1.807) is 0 Å². The Morgan fingerprint density at radius 3 is 2.20 bits per heavy atom. The minimum Gasteiger partial charge on any atom is -0.488 e. The van der Waals surface area contributed by atoms with Gasteiger partial charge in [-0.15, -0.1) is 0 Å². The summed E-state index contributed by atoms with van der Waals surface area (Å²) in [7, 11) is 0. The van der Waals surface area contributed by atoms with Crippen molar-refractivity contribution in [3.05, 3.63) is 30.3 Å². The van der Waals surface area contributed by atoms with Crippen molar-refractivity contribution in [2.24, 2.45) is 5.41 Å². The molecule has 0 N–H and O–H groups in total. The average Bonchev–Trinajstić information content (AvgIpc) is 2.42. The third kappa shape index (κ3) is 2.53. The Morgan fingerprint density at radius 2 is 1.67 bits per heavy atom. The molecule has 82 valence electrons. The molecular weight excluding hydrogens is 184 g/mol. The van der Waals surface area contributed by atoms with Gasteiger partial charge in [-0.2, -0.15) is 0 Å². The molecule has 2 rings (SSSR count). The summed E-state index contributed by atoms with van der Waals surface area (Å²) in [5.41, 5.74) is 0.467. The number of rotatable bonds is 2. The van der Waals surface area contributed by atoms with Crippen LogP contribution >= 0.6 is 0 Å². The highest BCUT2D eigenvalue weighted by Gasteiger charge is 2.41. The zero-order valence-electron chi connectivity index (χ0n) is 9.92. The molecule has 1 fully saturated rings. The van der Waals surface area contributed by atoms with Gasteiger partial charge in [-0.05, 0) is 43.7 Å². The van der Waals surface area contributed by atoms with Crippen LogP contribution in [-0.4, -0.2) is 5.60 Å². The number of benzene rings is 1. The van der Waals surface area contributed by atoms with E-state index in [0.717, 1.165) is 18.6 Å². The summed E-state index contributed by atoms with van der Waals surface area (Å²) < 4.78 is 6.10. The molecule has 1 saturated carbocycles. The van der Waals surface area contributed by atoms with Gasteiger partial charge in [-0.1, -0.05) is 32.0 Å². The highest BCUT2D eigenvalue weighted by molar-refractivity contribution is 5.22. The molecular formula is C14H20O. The second-order valence-electron chi connectivity index (χ2n) is 5.71. The van der Waals surface area contributed by atoms with Gasteiger partial charge in [-0.25, -0.2) is 0 Å². The maximum Gasteiger partial charge on any atom is 0.120 e. The van der Waals surface area contributed by atoms with Crippen LogP contribution in [0.25, 0.3) is 0 Å². The predicted molar refractivity (Wildman–Crippen MR) is 63.1 cm³/mol. The molecule has 1 nitrogen and oxygen atoms in total. The SMILES string of the molecule is CC1(C)CCC(C)(Oc2ccccc2)C1. The molecule has 1 heteroatoms. The Hall–Kier alpha value is -0.980. The van der Waals surface area contributed by atoms with Crippen LogP contribution in [0.4, 0.5) is 0 Å². The van der Waals surface area contributed by atoms with Crippen molar-refractivity contribution in [1.29, 1.82) is 0 Å². The van der Waals surface area contributed by atoms with Gasteiger partial charge in [0.2, 0.25) is 0 Å². The lowest BCUT2D eigenvalue weighted by Crippen LogP contribution is -2.29. The first-order chi connectivity index (χ1) is 6.99. The molecule has 1 aliphatic rings. The summed E-state index contributed by atoms with van der Waals surface area (Å²) in [6, 6.07) is 10.2. The van der Waals surface area contributed by atoms with Gasteiger partial charge in [0, 0.05) is 0 Å². The Balaban J connectivity index is 2.07. The third-order valence-electron chi connectivity index (χ3n) is 3.29. The van der Waals surface area contributed by atoms with Crippen molar-refractivity contribution in [2.75, 3.05) is 0 Å². The molecule has 0 aromatic heterocycles. The van der Waals surface area contributed by atoms with Crippen molar-refractivity contribution < 1.29 is 4.74 Å². The molecule has 0 saturated heterocycles. The minimum absolute atomic E-state index is 0.0326. The summed E-state index contributed by atoms with van der Waals surface area (Å²) in [5.74, 6) is 0.998. The van der Waals surface area contributed by atoms with Gasteiger partial charge in [0.25, 0.3) is 0 Å². The third-order valence-corrected chi connectivity index (χ3v) is 3.29. The van der Waals surface area contributed by atoms with Crippen LogP contribution in [0.5, 0.6) is 5.75 Å². The molecule has 0 bridgehead atoms. The highest BCUT2D eigenvalue weighted by atomic mass is 16.5. The van der Waals surface area contributed by atoms with E-state index >= 15 is 0 Å². The maximum absolute atomic E-state index is 6.10. The van der Waals surface area contributed by atoms with Crippen molar-refractivity contribution >= 4 is 0 Å². The fourth-order valence-electron chi connectivity index (χ4n) is 2.65. The average molecular weight is 204 g/mol. The Morgan fingerprint density at radius 1 is 1.00 bits per heavy atom. The largest absolute Gasteiger partial charge is 0.488 e. The van der Waals surface area contributed by atoms with E-state index in [1.165, 1.54) is 6.42 Å². The first kappa shape index (κ1) is 10.5. The van der Waals surface area contributed by atoms with Crippen molar-refractivity contribution in [2.45, 2.75) is 45.6 Å². The van der Waals surface area contributed by atoms with E-state index < -0.39 is 0 Å². The Labute approximate surface area is 92.5 Å². The quantitative estimate of drug-likeness (QED) is 0.706. The molecule has 0 spiro atoms. The smallest absolute Gasteiger partial charge is 0.120 e. The summed E-state index contributed by atoms with van der Waals surface area (Å²) in [4.78, 5) is 0. The van der Waals surface area contributed by atoms with E-state index in [-0.39, 0.29) is 5.60 Å². The van der Waals surface area contributed by atoms with E-state index in [4.69, 9.17) is 4.74 Å². The number of hydrogen-bond acceptors (Lipinski definition) is 1. The molecule has 1 aromatic carbocycles. The first-order valence-corrected chi connectivity index (χ1v) is 5.73. The Kier molecular flexibility index (Phi) is 2.49.